The lowest BCUT2D eigenvalue weighted by atomic mass is 9.78. The van der Waals surface area contributed by atoms with Crippen LogP contribution >= 0.6 is 0 Å². The summed E-state index contributed by atoms with van der Waals surface area (Å²) < 4.78 is 10.1. The summed E-state index contributed by atoms with van der Waals surface area (Å²) >= 11 is 0. The fraction of sp³-hybridized carbons (Fsp3) is 0.444. The number of esters is 2. The Hall–Kier alpha value is -2.10. The Balaban J connectivity index is 2.23. The van der Waals surface area contributed by atoms with Crippen molar-refractivity contribution in [2.24, 2.45) is 17.8 Å². The van der Waals surface area contributed by atoms with Crippen molar-refractivity contribution in [3.05, 3.63) is 47.7 Å². The quantitative estimate of drug-likeness (QED) is 0.784. The molecule has 1 heterocycles. The van der Waals surface area contributed by atoms with Crippen molar-refractivity contribution in [2.75, 3.05) is 6.61 Å². The molecule has 0 aliphatic carbocycles. The number of cyclic esters (lactones) is 1. The van der Waals surface area contributed by atoms with Crippen LogP contribution in [0.1, 0.15) is 26.3 Å². The third-order valence-corrected chi connectivity index (χ3v) is 3.87. The number of hydrogen-bond donors (Lipinski definition) is 0. The maximum absolute atomic E-state index is 12.4. The number of benzene rings is 1. The van der Waals surface area contributed by atoms with Gasteiger partial charge in [-0.2, -0.15) is 0 Å². The molecule has 0 radical (unpaired) electrons. The number of hydrogen-bond acceptors (Lipinski definition) is 4. The SMILES string of the molecule is CCOC(=O)C1=C[C@@H](C(C)C)[C@@H](Cc2ccccc2)C(=O)O1. The first kappa shape index (κ1) is 16.3. The van der Waals surface area contributed by atoms with Crippen LogP contribution in [0.4, 0.5) is 0 Å². The molecular formula is C18H22O4. The molecular weight excluding hydrogens is 280 g/mol. The van der Waals surface area contributed by atoms with Crippen molar-refractivity contribution in [1.29, 1.82) is 0 Å². The lowest BCUT2D eigenvalue weighted by molar-refractivity contribution is -0.157. The van der Waals surface area contributed by atoms with Crippen molar-refractivity contribution in [3.63, 3.8) is 0 Å². The van der Waals surface area contributed by atoms with E-state index in [4.69, 9.17) is 9.47 Å². The Labute approximate surface area is 131 Å². The average Bonchev–Trinajstić information content (AvgIpc) is 2.50. The van der Waals surface area contributed by atoms with Gasteiger partial charge in [0.1, 0.15) is 0 Å². The molecule has 2 rings (SSSR count). The van der Waals surface area contributed by atoms with E-state index in [1.165, 1.54) is 0 Å². The third kappa shape index (κ3) is 3.75. The van der Waals surface area contributed by atoms with E-state index in [-0.39, 0.29) is 36.1 Å². The Morgan fingerprint density at radius 2 is 1.95 bits per heavy atom. The highest BCUT2D eigenvalue weighted by molar-refractivity contribution is 5.91. The van der Waals surface area contributed by atoms with Gasteiger partial charge in [-0.3, -0.25) is 4.79 Å². The standard InChI is InChI=1S/C18H22O4/c1-4-21-18(20)16-11-14(12(2)3)15(17(19)22-16)10-13-8-6-5-7-9-13/h5-9,11-12,14-15H,4,10H2,1-3H3/t14-,15+/m0/s1. The summed E-state index contributed by atoms with van der Waals surface area (Å²) in [7, 11) is 0. The maximum Gasteiger partial charge on any atom is 0.374 e. The predicted molar refractivity (Wildman–Crippen MR) is 82.8 cm³/mol. The third-order valence-electron chi connectivity index (χ3n) is 3.87. The predicted octanol–water partition coefficient (Wildman–Crippen LogP) is 3.12. The van der Waals surface area contributed by atoms with Gasteiger partial charge in [-0.15, -0.1) is 0 Å². The molecule has 0 amide bonds. The zero-order valence-corrected chi connectivity index (χ0v) is 13.2. The Morgan fingerprint density at radius 1 is 1.27 bits per heavy atom. The van der Waals surface area contributed by atoms with Crippen molar-refractivity contribution in [3.8, 4) is 0 Å². The minimum absolute atomic E-state index is 0.0230. The molecule has 0 saturated heterocycles. The van der Waals surface area contributed by atoms with Crippen LogP contribution < -0.4 is 0 Å². The number of ether oxygens (including phenoxy) is 2. The number of rotatable bonds is 5. The normalized spacial score (nSPS) is 21.3. The molecule has 0 aromatic heterocycles. The largest absolute Gasteiger partial charge is 0.460 e. The first-order chi connectivity index (χ1) is 10.5. The molecule has 118 valence electrons. The minimum atomic E-state index is -0.570. The van der Waals surface area contributed by atoms with Gasteiger partial charge < -0.3 is 9.47 Å². The molecule has 2 atom stereocenters. The van der Waals surface area contributed by atoms with E-state index in [9.17, 15) is 9.59 Å². The first-order valence-corrected chi connectivity index (χ1v) is 7.67. The summed E-state index contributed by atoms with van der Waals surface area (Å²) in [6, 6.07) is 9.84. The molecule has 0 fully saturated rings. The Bertz CT molecular complexity index is 560. The van der Waals surface area contributed by atoms with Gasteiger partial charge in [0.15, 0.2) is 0 Å². The topological polar surface area (TPSA) is 52.6 Å². The van der Waals surface area contributed by atoms with Crippen molar-refractivity contribution in [2.45, 2.75) is 27.2 Å². The van der Waals surface area contributed by atoms with Crippen LogP contribution in [0.5, 0.6) is 0 Å². The molecule has 0 saturated carbocycles. The zero-order valence-electron chi connectivity index (χ0n) is 13.2. The van der Waals surface area contributed by atoms with Crippen LogP contribution in [0, 0.1) is 17.8 Å². The highest BCUT2D eigenvalue weighted by Crippen LogP contribution is 2.33. The summed E-state index contributed by atoms with van der Waals surface area (Å²) in [5.41, 5.74) is 1.09. The van der Waals surface area contributed by atoms with Crippen molar-refractivity contribution < 1.29 is 19.1 Å². The number of carbonyl (C=O) groups is 2. The molecule has 4 heteroatoms. The van der Waals surface area contributed by atoms with Crippen LogP contribution in [0.15, 0.2) is 42.2 Å². The van der Waals surface area contributed by atoms with Gasteiger partial charge in [-0.1, -0.05) is 44.2 Å². The maximum atomic E-state index is 12.4. The van der Waals surface area contributed by atoms with Crippen LogP contribution in [0.25, 0.3) is 0 Å². The lowest BCUT2D eigenvalue weighted by Crippen LogP contribution is -2.35. The molecule has 1 aliphatic rings. The van der Waals surface area contributed by atoms with Gasteiger partial charge in [0.2, 0.25) is 5.76 Å². The van der Waals surface area contributed by atoms with E-state index >= 15 is 0 Å². The van der Waals surface area contributed by atoms with E-state index in [1.807, 2.05) is 44.2 Å². The van der Waals surface area contributed by atoms with Gasteiger partial charge in [0, 0.05) is 0 Å². The second-order valence-corrected chi connectivity index (χ2v) is 5.79. The first-order valence-electron chi connectivity index (χ1n) is 7.67. The molecule has 0 spiro atoms. The number of carbonyl (C=O) groups excluding carboxylic acids is 2. The molecule has 4 nitrogen and oxygen atoms in total. The monoisotopic (exact) mass is 302 g/mol. The summed E-state index contributed by atoms with van der Waals surface area (Å²) in [5, 5.41) is 0. The van der Waals surface area contributed by atoms with E-state index < -0.39 is 5.97 Å². The van der Waals surface area contributed by atoms with Crippen molar-refractivity contribution in [1.82, 2.24) is 0 Å². The fourth-order valence-corrected chi connectivity index (χ4v) is 2.72. The zero-order chi connectivity index (χ0) is 16.1. The van der Waals surface area contributed by atoms with Gasteiger partial charge >= 0.3 is 11.9 Å². The summed E-state index contributed by atoms with van der Waals surface area (Å²) in [6.45, 7) is 6.07. The number of allylic oxidation sites excluding steroid dienone is 1. The summed E-state index contributed by atoms with van der Waals surface area (Å²) in [6.07, 6.45) is 2.35. The highest BCUT2D eigenvalue weighted by Gasteiger charge is 2.37. The second-order valence-electron chi connectivity index (χ2n) is 5.79. The van der Waals surface area contributed by atoms with E-state index in [0.29, 0.717) is 6.42 Å². The molecule has 0 bridgehead atoms. The van der Waals surface area contributed by atoms with Crippen LogP contribution in [0.2, 0.25) is 0 Å². The molecule has 1 aromatic rings. The lowest BCUT2D eigenvalue weighted by Gasteiger charge is -2.30. The summed E-state index contributed by atoms with van der Waals surface area (Å²) in [5.74, 6) is -0.991. The molecule has 0 N–H and O–H groups in total. The van der Waals surface area contributed by atoms with Crippen LogP contribution in [0.3, 0.4) is 0 Å². The van der Waals surface area contributed by atoms with Crippen molar-refractivity contribution >= 4 is 11.9 Å². The van der Waals surface area contributed by atoms with Gasteiger partial charge in [0.05, 0.1) is 12.5 Å². The minimum Gasteiger partial charge on any atom is -0.460 e. The van der Waals surface area contributed by atoms with Gasteiger partial charge in [-0.05, 0) is 36.8 Å². The molecule has 1 aromatic carbocycles. The van der Waals surface area contributed by atoms with E-state index in [2.05, 4.69) is 0 Å². The van der Waals surface area contributed by atoms with E-state index in [0.717, 1.165) is 5.56 Å². The highest BCUT2D eigenvalue weighted by atomic mass is 16.6. The summed E-state index contributed by atoms with van der Waals surface area (Å²) in [4.78, 5) is 24.2. The van der Waals surface area contributed by atoms with Gasteiger partial charge in [0.25, 0.3) is 0 Å². The van der Waals surface area contributed by atoms with Crippen LogP contribution in [-0.2, 0) is 25.5 Å². The molecule has 0 unspecified atom stereocenters. The van der Waals surface area contributed by atoms with E-state index in [1.54, 1.807) is 13.0 Å². The van der Waals surface area contributed by atoms with Crippen LogP contribution in [-0.4, -0.2) is 18.5 Å². The Kier molecular flexibility index (Phi) is 5.36. The van der Waals surface area contributed by atoms with Gasteiger partial charge in [-0.25, -0.2) is 4.79 Å². The smallest absolute Gasteiger partial charge is 0.374 e. The molecule has 1 aliphatic heterocycles. The average molecular weight is 302 g/mol. The molecule has 22 heavy (non-hydrogen) atoms. The fourth-order valence-electron chi connectivity index (χ4n) is 2.72. The second kappa shape index (κ2) is 7.25. The Morgan fingerprint density at radius 3 is 2.55 bits per heavy atom.